The molecule has 0 spiro atoms. The number of para-hydroxylation sites is 1. The molecule has 2 heterocycles. The molecule has 1 aromatic carbocycles. The molecule has 3 aromatic rings. The van der Waals surface area contributed by atoms with E-state index in [1.54, 1.807) is 12.5 Å². The van der Waals surface area contributed by atoms with Crippen molar-refractivity contribution >= 4 is 28.4 Å². The van der Waals surface area contributed by atoms with Gasteiger partial charge in [0.25, 0.3) is 0 Å². The molecule has 2 aromatic heterocycles. The number of nitrogens with one attached hydrogen (secondary N) is 1. The normalized spacial score (nSPS) is 12.7. The summed E-state index contributed by atoms with van der Waals surface area (Å²) in [7, 11) is 0. The number of nitrogens with zero attached hydrogens (tertiary/aromatic N) is 3. The van der Waals surface area contributed by atoms with E-state index in [0.29, 0.717) is 0 Å². The van der Waals surface area contributed by atoms with Crippen LogP contribution >= 0.6 is 11.8 Å². The van der Waals surface area contributed by atoms with Crippen LogP contribution in [0.15, 0.2) is 41.9 Å². The summed E-state index contributed by atoms with van der Waals surface area (Å²) in [5.74, 6) is 0.100. The Balaban J connectivity index is 1.84. The van der Waals surface area contributed by atoms with Gasteiger partial charge in [0.15, 0.2) is 10.9 Å². The van der Waals surface area contributed by atoms with E-state index in [2.05, 4.69) is 15.2 Å². The molecule has 0 amide bonds. The number of carbonyl (C=O) groups excluding carboxylic acids is 1. The second kappa shape index (κ2) is 5.73. The van der Waals surface area contributed by atoms with E-state index in [0.717, 1.165) is 28.2 Å². The monoisotopic (exact) mass is 300 g/mol. The minimum absolute atomic E-state index is 0.100. The summed E-state index contributed by atoms with van der Waals surface area (Å²) in [5, 5.41) is 9.49. The molecule has 0 aliphatic carbocycles. The minimum atomic E-state index is -0.210. The average Bonchev–Trinajstić information content (AvgIpc) is 3.12. The van der Waals surface area contributed by atoms with Gasteiger partial charge in [-0.1, -0.05) is 30.0 Å². The predicted octanol–water partition coefficient (Wildman–Crippen LogP) is 3.14. The lowest BCUT2D eigenvalue weighted by atomic mass is 10.1. The van der Waals surface area contributed by atoms with Crippen LogP contribution in [0.4, 0.5) is 0 Å². The summed E-state index contributed by atoms with van der Waals surface area (Å²) in [6, 6.07) is 7.83. The van der Waals surface area contributed by atoms with Crippen molar-refractivity contribution in [3.63, 3.8) is 0 Å². The molecule has 0 bridgehead atoms. The number of ketones is 1. The molecule has 0 aliphatic heterocycles. The van der Waals surface area contributed by atoms with E-state index in [4.69, 9.17) is 0 Å². The highest BCUT2D eigenvalue weighted by molar-refractivity contribution is 8.00. The van der Waals surface area contributed by atoms with Crippen LogP contribution in [-0.2, 0) is 6.54 Å². The highest BCUT2D eigenvalue weighted by Crippen LogP contribution is 2.26. The number of benzene rings is 1. The van der Waals surface area contributed by atoms with Gasteiger partial charge < -0.3 is 9.55 Å². The predicted molar refractivity (Wildman–Crippen MR) is 83.6 cm³/mol. The van der Waals surface area contributed by atoms with Crippen molar-refractivity contribution in [2.24, 2.45) is 0 Å². The maximum atomic E-state index is 12.6. The number of thioether (sulfide) groups is 1. The summed E-state index contributed by atoms with van der Waals surface area (Å²) >= 11 is 1.44. The summed E-state index contributed by atoms with van der Waals surface area (Å²) in [6.07, 6.45) is 3.47. The van der Waals surface area contributed by atoms with Crippen molar-refractivity contribution in [3.8, 4) is 0 Å². The van der Waals surface area contributed by atoms with Crippen molar-refractivity contribution in [1.82, 2.24) is 19.7 Å². The zero-order valence-electron chi connectivity index (χ0n) is 11.9. The lowest BCUT2D eigenvalue weighted by Crippen LogP contribution is -2.14. The molecule has 0 saturated carbocycles. The van der Waals surface area contributed by atoms with Gasteiger partial charge in [0.1, 0.15) is 6.33 Å². The summed E-state index contributed by atoms with van der Waals surface area (Å²) in [5.41, 5.74) is 1.71. The number of fused-ring (bicyclic) bond motifs is 1. The molecule has 1 N–H and O–H groups in total. The Labute approximate surface area is 126 Å². The first-order chi connectivity index (χ1) is 10.2. The summed E-state index contributed by atoms with van der Waals surface area (Å²) in [4.78, 5) is 15.8. The van der Waals surface area contributed by atoms with E-state index >= 15 is 0 Å². The Kier molecular flexibility index (Phi) is 3.79. The number of rotatable bonds is 5. The molecule has 0 saturated heterocycles. The molecule has 1 atom stereocenters. The zero-order chi connectivity index (χ0) is 14.8. The standard InChI is InChI=1S/C15H16N4OS/c1-3-19-9-17-18-15(19)21-10(2)14(20)12-8-16-13-7-5-4-6-11(12)13/h4-10,16H,3H2,1-2H3/t10-/m0/s1. The number of aromatic nitrogens is 4. The SMILES string of the molecule is CCn1cnnc1S[C@@H](C)C(=O)c1c[nH]c2ccccc12. The lowest BCUT2D eigenvalue weighted by Gasteiger charge is -2.09. The number of carbonyl (C=O) groups is 1. The highest BCUT2D eigenvalue weighted by Gasteiger charge is 2.21. The maximum absolute atomic E-state index is 12.6. The van der Waals surface area contributed by atoms with Crippen LogP contribution in [-0.4, -0.2) is 30.8 Å². The van der Waals surface area contributed by atoms with E-state index < -0.39 is 0 Å². The molecular formula is C15H16N4OS. The third kappa shape index (κ3) is 2.58. The fraction of sp³-hybridized carbons (Fsp3) is 0.267. The van der Waals surface area contributed by atoms with Crippen molar-refractivity contribution in [1.29, 1.82) is 0 Å². The first-order valence-corrected chi connectivity index (χ1v) is 7.73. The van der Waals surface area contributed by atoms with Gasteiger partial charge >= 0.3 is 0 Å². The van der Waals surface area contributed by atoms with Crippen molar-refractivity contribution in [2.75, 3.05) is 0 Å². The van der Waals surface area contributed by atoms with Crippen LogP contribution in [0.1, 0.15) is 24.2 Å². The van der Waals surface area contributed by atoms with Gasteiger partial charge in [-0.3, -0.25) is 4.79 Å². The molecule has 5 nitrogen and oxygen atoms in total. The van der Waals surface area contributed by atoms with E-state index in [1.165, 1.54) is 11.8 Å². The number of hydrogen-bond acceptors (Lipinski definition) is 4. The molecule has 0 aliphatic rings. The van der Waals surface area contributed by atoms with Gasteiger partial charge in [0.05, 0.1) is 5.25 Å². The molecule has 0 radical (unpaired) electrons. The third-order valence-corrected chi connectivity index (χ3v) is 4.52. The fourth-order valence-corrected chi connectivity index (χ4v) is 3.21. The Bertz CT molecular complexity index is 777. The Hall–Kier alpha value is -2.08. The second-order valence-electron chi connectivity index (χ2n) is 4.77. The van der Waals surface area contributed by atoms with Crippen molar-refractivity contribution in [2.45, 2.75) is 30.8 Å². The Morgan fingerprint density at radius 3 is 3.05 bits per heavy atom. The molecular weight excluding hydrogens is 284 g/mol. The fourth-order valence-electron chi connectivity index (χ4n) is 2.26. The highest BCUT2D eigenvalue weighted by atomic mass is 32.2. The lowest BCUT2D eigenvalue weighted by molar-refractivity contribution is 0.0995. The van der Waals surface area contributed by atoms with Crippen LogP contribution < -0.4 is 0 Å². The Morgan fingerprint density at radius 2 is 2.24 bits per heavy atom. The maximum Gasteiger partial charge on any atom is 0.191 e. The second-order valence-corrected chi connectivity index (χ2v) is 6.08. The molecule has 0 unspecified atom stereocenters. The van der Waals surface area contributed by atoms with Gasteiger partial charge in [-0.05, 0) is 19.9 Å². The average molecular weight is 300 g/mol. The number of hydrogen-bond donors (Lipinski definition) is 1. The third-order valence-electron chi connectivity index (χ3n) is 3.43. The summed E-state index contributed by atoms with van der Waals surface area (Å²) in [6.45, 7) is 4.73. The van der Waals surface area contributed by atoms with E-state index in [1.807, 2.05) is 42.7 Å². The number of aromatic amines is 1. The quantitative estimate of drug-likeness (QED) is 0.581. The molecule has 6 heteroatoms. The van der Waals surface area contributed by atoms with Crippen LogP contribution in [0.2, 0.25) is 0 Å². The van der Waals surface area contributed by atoms with Crippen LogP contribution in [0, 0.1) is 0 Å². The van der Waals surface area contributed by atoms with Crippen LogP contribution in [0.25, 0.3) is 10.9 Å². The van der Waals surface area contributed by atoms with Gasteiger partial charge in [-0.25, -0.2) is 0 Å². The minimum Gasteiger partial charge on any atom is -0.360 e. The number of H-pyrrole nitrogens is 1. The van der Waals surface area contributed by atoms with Gasteiger partial charge in [0.2, 0.25) is 0 Å². The van der Waals surface area contributed by atoms with Crippen LogP contribution in [0.3, 0.4) is 0 Å². The van der Waals surface area contributed by atoms with Gasteiger partial charge in [-0.2, -0.15) is 0 Å². The van der Waals surface area contributed by atoms with E-state index in [-0.39, 0.29) is 11.0 Å². The molecule has 108 valence electrons. The summed E-state index contributed by atoms with van der Waals surface area (Å²) < 4.78 is 1.93. The van der Waals surface area contributed by atoms with E-state index in [9.17, 15) is 4.79 Å². The van der Waals surface area contributed by atoms with Gasteiger partial charge in [-0.15, -0.1) is 10.2 Å². The van der Waals surface area contributed by atoms with Crippen molar-refractivity contribution in [3.05, 3.63) is 42.4 Å². The van der Waals surface area contributed by atoms with Crippen molar-refractivity contribution < 1.29 is 4.79 Å². The first kappa shape index (κ1) is 13.9. The number of Topliss-reactive ketones (excluding diaryl/α,β-unsaturated/α-hetero) is 1. The molecule has 21 heavy (non-hydrogen) atoms. The Morgan fingerprint density at radius 1 is 1.43 bits per heavy atom. The zero-order valence-corrected chi connectivity index (χ0v) is 12.7. The smallest absolute Gasteiger partial charge is 0.191 e. The molecule has 0 fully saturated rings. The van der Waals surface area contributed by atoms with Gasteiger partial charge in [0, 0.05) is 29.2 Å². The molecule has 3 rings (SSSR count). The largest absolute Gasteiger partial charge is 0.360 e. The topological polar surface area (TPSA) is 63.6 Å². The van der Waals surface area contributed by atoms with Crippen LogP contribution in [0.5, 0.6) is 0 Å². The first-order valence-electron chi connectivity index (χ1n) is 6.85. The number of aryl methyl sites for hydroxylation is 1.